The van der Waals surface area contributed by atoms with Crippen LogP contribution in [0.15, 0.2) is 23.3 Å². The van der Waals surface area contributed by atoms with Gasteiger partial charge in [0.1, 0.15) is 0 Å². The van der Waals surface area contributed by atoms with Crippen molar-refractivity contribution >= 4 is 11.8 Å². The number of amides is 2. The molecule has 2 rings (SSSR count). The van der Waals surface area contributed by atoms with Gasteiger partial charge < -0.3 is 0 Å². The van der Waals surface area contributed by atoms with Gasteiger partial charge in [-0.2, -0.15) is 0 Å². The van der Waals surface area contributed by atoms with Crippen molar-refractivity contribution in [1.82, 2.24) is 5.01 Å². The van der Waals surface area contributed by atoms with E-state index in [-0.39, 0.29) is 35.5 Å². The standard InChI is InChI=1S/C14H20N2O2/c1-7(2)5-10-6-8(3)9(4)11-12(10)14(18)16(15)13(11)17/h5-6,9-12H,15H2,1-4H3/t9-,10+,11-,12-/m0/s1. The summed E-state index contributed by atoms with van der Waals surface area (Å²) in [6.45, 7) is 8.01. The lowest BCUT2D eigenvalue weighted by atomic mass is 9.69. The highest BCUT2D eigenvalue weighted by atomic mass is 16.2. The maximum atomic E-state index is 12.1. The molecule has 98 valence electrons. The van der Waals surface area contributed by atoms with Crippen molar-refractivity contribution in [3.63, 3.8) is 0 Å². The quantitative estimate of drug-likeness (QED) is 0.332. The highest BCUT2D eigenvalue weighted by Gasteiger charge is 2.53. The molecule has 18 heavy (non-hydrogen) atoms. The lowest BCUT2D eigenvalue weighted by Crippen LogP contribution is -2.38. The van der Waals surface area contributed by atoms with Gasteiger partial charge in [-0.05, 0) is 26.7 Å². The molecular weight excluding hydrogens is 228 g/mol. The predicted molar refractivity (Wildman–Crippen MR) is 68.9 cm³/mol. The topological polar surface area (TPSA) is 63.4 Å². The molecule has 0 aromatic heterocycles. The maximum absolute atomic E-state index is 12.1. The zero-order chi connectivity index (χ0) is 13.6. The molecule has 4 heteroatoms. The van der Waals surface area contributed by atoms with Gasteiger partial charge in [0.25, 0.3) is 0 Å². The van der Waals surface area contributed by atoms with E-state index in [4.69, 9.17) is 5.84 Å². The number of nitrogens with zero attached hydrogens (tertiary/aromatic N) is 1. The first-order chi connectivity index (χ1) is 8.34. The second-order valence-corrected chi connectivity index (χ2v) is 5.62. The van der Waals surface area contributed by atoms with E-state index in [0.717, 1.165) is 16.2 Å². The fourth-order valence-corrected chi connectivity index (χ4v) is 3.04. The summed E-state index contributed by atoms with van der Waals surface area (Å²) in [4.78, 5) is 24.2. The molecule has 0 bridgehead atoms. The molecule has 4 nitrogen and oxygen atoms in total. The van der Waals surface area contributed by atoms with E-state index in [1.54, 1.807) is 0 Å². The Morgan fingerprint density at radius 3 is 2.39 bits per heavy atom. The van der Waals surface area contributed by atoms with Gasteiger partial charge in [-0.3, -0.25) is 9.59 Å². The Morgan fingerprint density at radius 2 is 1.83 bits per heavy atom. The van der Waals surface area contributed by atoms with Crippen LogP contribution in [0.5, 0.6) is 0 Å². The van der Waals surface area contributed by atoms with Gasteiger partial charge in [0.05, 0.1) is 11.8 Å². The number of hydrogen-bond acceptors (Lipinski definition) is 3. The van der Waals surface area contributed by atoms with Crippen molar-refractivity contribution in [2.45, 2.75) is 27.7 Å². The lowest BCUT2D eigenvalue weighted by Gasteiger charge is -2.32. The van der Waals surface area contributed by atoms with Crippen LogP contribution in [0.3, 0.4) is 0 Å². The number of carbonyl (C=O) groups excluding carboxylic acids is 2. The zero-order valence-corrected chi connectivity index (χ0v) is 11.3. The third-order valence-electron chi connectivity index (χ3n) is 4.08. The van der Waals surface area contributed by atoms with E-state index in [1.165, 1.54) is 0 Å². The lowest BCUT2D eigenvalue weighted by molar-refractivity contribution is -0.140. The summed E-state index contributed by atoms with van der Waals surface area (Å²) in [5.74, 6) is 4.54. The molecule has 4 atom stereocenters. The first-order valence-corrected chi connectivity index (χ1v) is 6.30. The van der Waals surface area contributed by atoms with Crippen molar-refractivity contribution in [1.29, 1.82) is 0 Å². The van der Waals surface area contributed by atoms with Crippen molar-refractivity contribution in [2.24, 2.45) is 29.5 Å². The van der Waals surface area contributed by atoms with Crippen molar-refractivity contribution in [3.05, 3.63) is 23.3 Å². The third kappa shape index (κ3) is 1.81. The molecule has 1 saturated heterocycles. The molecule has 0 saturated carbocycles. The minimum absolute atomic E-state index is 0.0128. The van der Waals surface area contributed by atoms with Crippen LogP contribution in [0.2, 0.25) is 0 Å². The molecule has 2 aliphatic rings. The number of hydrazine groups is 1. The number of allylic oxidation sites excluding steroid dienone is 4. The third-order valence-corrected chi connectivity index (χ3v) is 4.08. The number of rotatable bonds is 1. The second kappa shape index (κ2) is 4.35. The minimum atomic E-state index is -0.323. The molecule has 1 heterocycles. The molecule has 1 aliphatic carbocycles. The van der Waals surface area contributed by atoms with Crippen LogP contribution in [0.4, 0.5) is 0 Å². The average Bonchev–Trinajstić information content (AvgIpc) is 2.50. The molecule has 0 unspecified atom stereocenters. The van der Waals surface area contributed by atoms with Crippen LogP contribution in [0.25, 0.3) is 0 Å². The Hall–Kier alpha value is -1.42. The fourth-order valence-electron chi connectivity index (χ4n) is 3.04. The van der Waals surface area contributed by atoms with Crippen molar-refractivity contribution < 1.29 is 9.59 Å². The predicted octanol–water partition coefficient (Wildman–Crippen LogP) is 1.64. The Balaban J connectivity index is 2.48. The summed E-state index contributed by atoms with van der Waals surface area (Å²) in [5.41, 5.74) is 2.31. The molecule has 1 aliphatic heterocycles. The molecule has 2 amide bonds. The molecule has 2 N–H and O–H groups in total. The van der Waals surface area contributed by atoms with Crippen LogP contribution in [0, 0.1) is 23.7 Å². The Labute approximate surface area is 107 Å². The molecule has 1 fully saturated rings. The molecule has 0 radical (unpaired) electrons. The van der Waals surface area contributed by atoms with Crippen LogP contribution in [-0.2, 0) is 9.59 Å². The van der Waals surface area contributed by atoms with E-state index in [9.17, 15) is 9.59 Å². The van der Waals surface area contributed by atoms with Gasteiger partial charge >= 0.3 is 0 Å². The normalized spacial score (nSPS) is 35.4. The Morgan fingerprint density at radius 1 is 1.28 bits per heavy atom. The SMILES string of the molecule is CC(C)=C[C@@H]1C=C(C)[C@H](C)[C@@H]2C(=O)N(N)C(=O)[C@@H]12. The molecule has 0 spiro atoms. The van der Waals surface area contributed by atoms with E-state index in [0.29, 0.717) is 0 Å². The molecule has 0 aromatic carbocycles. The first-order valence-electron chi connectivity index (χ1n) is 6.30. The van der Waals surface area contributed by atoms with E-state index in [1.807, 2.05) is 27.7 Å². The van der Waals surface area contributed by atoms with Crippen molar-refractivity contribution in [2.75, 3.05) is 0 Å². The molecule has 0 aromatic rings. The van der Waals surface area contributed by atoms with Gasteiger partial charge in [0.2, 0.25) is 11.8 Å². The average molecular weight is 248 g/mol. The number of carbonyl (C=O) groups is 2. The highest BCUT2D eigenvalue weighted by molar-refractivity contribution is 6.05. The first kappa shape index (κ1) is 13.0. The summed E-state index contributed by atoms with van der Waals surface area (Å²) >= 11 is 0. The summed E-state index contributed by atoms with van der Waals surface area (Å²) in [6, 6.07) is 0. The second-order valence-electron chi connectivity index (χ2n) is 5.62. The van der Waals surface area contributed by atoms with Gasteiger partial charge in [0.15, 0.2) is 0 Å². The van der Waals surface area contributed by atoms with Gasteiger partial charge in [-0.25, -0.2) is 10.9 Å². The summed E-state index contributed by atoms with van der Waals surface area (Å²) in [5, 5.41) is 0.810. The smallest absolute Gasteiger partial charge is 0.248 e. The number of nitrogens with two attached hydrogens (primary N) is 1. The van der Waals surface area contributed by atoms with E-state index < -0.39 is 0 Å². The Kier molecular flexibility index (Phi) is 3.15. The number of fused-ring (bicyclic) bond motifs is 1. The summed E-state index contributed by atoms with van der Waals surface area (Å²) < 4.78 is 0. The zero-order valence-electron chi connectivity index (χ0n) is 11.3. The minimum Gasteiger partial charge on any atom is -0.273 e. The maximum Gasteiger partial charge on any atom is 0.248 e. The van der Waals surface area contributed by atoms with Crippen LogP contribution in [0.1, 0.15) is 27.7 Å². The Bertz CT molecular complexity index is 460. The number of imide groups is 1. The van der Waals surface area contributed by atoms with E-state index in [2.05, 4.69) is 12.2 Å². The van der Waals surface area contributed by atoms with E-state index >= 15 is 0 Å². The molecular formula is C14H20N2O2. The largest absolute Gasteiger partial charge is 0.273 e. The summed E-state index contributed by atoms with van der Waals surface area (Å²) in [7, 11) is 0. The van der Waals surface area contributed by atoms with Crippen LogP contribution >= 0.6 is 0 Å². The summed E-state index contributed by atoms with van der Waals surface area (Å²) in [6.07, 6.45) is 4.15. The van der Waals surface area contributed by atoms with Gasteiger partial charge in [0, 0.05) is 5.92 Å². The van der Waals surface area contributed by atoms with Gasteiger partial charge in [-0.1, -0.05) is 30.2 Å². The monoisotopic (exact) mass is 248 g/mol. The van der Waals surface area contributed by atoms with Crippen molar-refractivity contribution in [3.8, 4) is 0 Å². The number of hydrogen-bond donors (Lipinski definition) is 1. The van der Waals surface area contributed by atoms with Crippen LogP contribution in [-0.4, -0.2) is 16.8 Å². The van der Waals surface area contributed by atoms with Gasteiger partial charge in [-0.15, -0.1) is 0 Å². The highest BCUT2D eigenvalue weighted by Crippen LogP contribution is 2.44. The van der Waals surface area contributed by atoms with Crippen LogP contribution < -0.4 is 5.84 Å². The fraction of sp³-hybridized carbons (Fsp3) is 0.571.